The molecule has 4 rings (SSSR count). The molecule has 2 N–H and O–H groups in total. The number of aryl methyl sites for hydroxylation is 1. The number of para-hydroxylation sites is 2. The van der Waals surface area contributed by atoms with Gasteiger partial charge in [-0.05, 0) is 24.1 Å². The number of amides is 4. The summed E-state index contributed by atoms with van der Waals surface area (Å²) in [6.45, 7) is 0.531. The van der Waals surface area contributed by atoms with Gasteiger partial charge in [-0.1, -0.05) is 42.5 Å². The van der Waals surface area contributed by atoms with Gasteiger partial charge in [0.05, 0.1) is 24.0 Å². The van der Waals surface area contributed by atoms with Crippen LogP contribution in [0.25, 0.3) is 11.0 Å². The number of aromatic nitrogens is 2. The number of carbonyl (C=O) groups excluding carboxylic acids is 3. The second-order valence-electron chi connectivity index (χ2n) is 7.28. The van der Waals surface area contributed by atoms with Crippen molar-refractivity contribution in [2.45, 2.75) is 25.4 Å². The van der Waals surface area contributed by atoms with E-state index in [0.717, 1.165) is 22.4 Å². The third-order valence-corrected chi connectivity index (χ3v) is 5.29. The maximum absolute atomic E-state index is 12.6. The molecule has 1 aromatic heterocycles. The molecule has 3 aromatic rings. The number of benzene rings is 2. The Balaban J connectivity index is 1.31. The lowest BCUT2D eigenvalue weighted by Gasteiger charge is -2.13. The van der Waals surface area contributed by atoms with Crippen molar-refractivity contribution in [3.05, 3.63) is 66.0 Å². The van der Waals surface area contributed by atoms with Crippen LogP contribution in [0.5, 0.6) is 0 Å². The van der Waals surface area contributed by atoms with Crippen molar-refractivity contribution < 1.29 is 14.4 Å². The standard InChI is InChI=1S/C22H23N5O3/c1-26-18-10-6-5-9-16(18)24-19(26)14-23-20(28)13-17-21(29)27(22(30)25-17)12-11-15-7-3-2-4-8-15/h2-10,17H,11-14H2,1H3,(H,23,28)(H,25,30)/t17-/m1/s1. The maximum Gasteiger partial charge on any atom is 0.324 e. The molecule has 4 amide bonds. The molecule has 0 aliphatic carbocycles. The zero-order chi connectivity index (χ0) is 21.1. The highest BCUT2D eigenvalue weighted by Gasteiger charge is 2.38. The molecule has 154 valence electrons. The third-order valence-electron chi connectivity index (χ3n) is 5.29. The van der Waals surface area contributed by atoms with Crippen LogP contribution in [0.15, 0.2) is 54.6 Å². The zero-order valence-corrected chi connectivity index (χ0v) is 16.7. The van der Waals surface area contributed by atoms with Crippen molar-refractivity contribution in [2.75, 3.05) is 6.54 Å². The highest BCUT2D eigenvalue weighted by molar-refractivity contribution is 6.05. The van der Waals surface area contributed by atoms with Gasteiger partial charge in [0.2, 0.25) is 5.91 Å². The Kier molecular flexibility index (Phi) is 5.47. The highest BCUT2D eigenvalue weighted by atomic mass is 16.2. The predicted octanol–water partition coefficient (Wildman–Crippen LogP) is 1.74. The van der Waals surface area contributed by atoms with E-state index in [1.807, 2.05) is 66.2 Å². The lowest BCUT2D eigenvalue weighted by Crippen LogP contribution is -2.37. The van der Waals surface area contributed by atoms with E-state index in [-0.39, 0.29) is 31.3 Å². The van der Waals surface area contributed by atoms with Crippen LogP contribution in [0.4, 0.5) is 4.79 Å². The molecular formula is C22H23N5O3. The zero-order valence-electron chi connectivity index (χ0n) is 16.7. The first-order valence-corrected chi connectivity index (χ1v) is 9.86. The molecule has 0 bridgehead atoms. The van der Waals surface area contributed by atoms with Gasteiger partial charge in [0.15, 0.2) is 0 Å². The van der Waals surface area contributed by atoms with Gasteiger partial charge < -0.3 is 15.2 Å². The summed E-state index contributed by atoms with van der Waals surface area (Å²) in [6, 6.07) is 16.1. The molecule has 0 radical (unpaired) electrons. The average Bonchev–Trinajstić information content (AvgIpc) is 3.21. The SMILES string of the molecule is Cn1c(CNC(=O)C[C@H]2NC(=O)N(CCc3ccccc3)C2=O)nc2ccccc21. The summed E-state index contributed by atoms with van der Waals surface area (Å²) in [5, 5.41) is 5.40. The summed E-state index contributed by atoms with van der Waals surface area (Å²) >= 11 is 0. The minimum absolute atomic E-state index is 0.101. The largest absolute Gasteiger partial charge is 0.349 e. The Morgan fingerprint density at radius 2 is 1.83 bits per heavy atom. The number of urea groups is 1. The summed E-state index contributed by atoms with van der Waals surface area (Å²) in [5.74, 6) is 0.0373. The second-order valence-corrected chi connectivity index (χ2v) is 7.28. The summed E-state index contributed by atoms with van der Waals surface area (Å²) < 4.78 is 1.92. The fraction of sp³-hybridized carbons (Fsp3) is 0.273. The van der Waals surface area contributed by atoms with Crippen LogP contribution >= 0.6 is 0 Å². The Hall–Kier alpha value is -3.68. The van der Waals surface area contributed by atoms with Crippen LogP contribution in [-0.4, -0.2) is 44.9 Å². The monoisotopic (exact) mass is 405 g/mol. The molecular weight excluding hydrogens is 382 g/mol. The van der Waals surface area contributed by atoms with Gasteiger partial charge in [-0.15, -0.1) is 0 Å². The van der Waals surface area contributed by atoms with Crippen LogP contribution in [0, 0.1) is 0 Å². The fourth-order valence-electron chi connectivity index (χ4n) is 3.60. The molecule has 0 saturated carbocycles. The number of rotatable bonds is 7. The second kappa shape index (κ2) is 8.36. The first-order chi connectivity index (χ1) is 14.5. The van der Waals surface area contributed by atoms with Crippen LogP contribution in [0.3, 0.4) is 0 Å². The third kappa shape index (κ3) is 4.03. The van der Waals surface area contributed by atoms with Gasteiger partial charge in [0.1, 0.15) is 11.9 Å². The van der Waals surface area contributed by atoms with Crippen molar-refractivity contribution >= 4 is 28.9 Å². The number of fused-ring (bicyclic) bond motifs is 1. The number of hydrogen-bond acceptors (Lipinski definition) is 4. The first kappa shape index (κ1) is 19.6. The van der Waals surface area contributed by atoms with Gasteiger partial charge in [0, 0.05) is 13.6 Å². The fourth-order valence-corrected chi connectivity index (χ4v) is 3.60. The van der Waals surface area contributed by atoms with E-state index in [0.29, 0.717) is 6.42 Å². The number of hydrogen-bond donors (Lipinski definition) is 2. The molecule has 8 nitrogen and oxygen atoms in total. The van der Waals surface area contributed by atoms with Gasteiger partial charge in [-0.25, -0.2) is 9.78 Å². The molecule has 1 fully saturated rings. The average molecular weight is 405 g/mol. The predicted molar refractivity (Wildman–Crippen MR) is 111 cm³/mol. The van der Waals surface area contributed by atoms with E-state index in [9.17, 15) is 14.4 Å². The van der Waals surface area contributed by atoms with Crippen LogP contribution < -0.4 is 10.6 Å². The number of nitrogens with zero attached hydrogens (tertiary/aromatic N) is 3. The lowest BCUT2D eigenvalue weighted by molar-refractivity contribution is -0.130. The van der Waals surface area contributed by atoms with Crippen molar-refractivity contribution in [3.8, 4) is 0 Å². The Bertz CT molecular complexity index is 1090. The van der Waals surface area contributed by atoms with E-state index in [2.05, 4.69) is 15.6 Å². The van der Waals surface area contributed by atoms with Crippen molar-refractivity contribution in [1.29, 1.82) is 0 Å². The molecule has 1 saturated heterocycles. The maximum atomic E-state index is 12.6. The van der Waals surface area contributed by atoms with E-state index in [4.69, 9.17) is 0 Å². The van der Waals surface area contributed by atoms with E-state index >= 15 is 0 Å². The van der Waals surface area contributed by atoms with Crippen LogP contribution in [-0.2, 0) is 29.6 Å². The summed E-state index contributed by atoms with van der Waals surface area (Å²) in [7, 11) is 1.89. The molecule has 30 heavy (non-hydrogen) atoms. The molecule has 1 atom stereocenters. The molecule has 2 aromatic carbocycles. The number of carbonyl (C=O) groups is 3. The van der Waals surface area contributed by atoms with Gasteiger partial charge in [-0.2, -0.15) is 0 Å². The molecule has 0 unspecified atom stereocenters. The molecule has 0 spiro atoms. The van der Waals surface area contributed by atoms with Crippen LogP contribution in [0.1, 0.15) is 17.8 Å². The smallest absolute Gasteiger partial charge is 0.324 e. The summed E-state index contributed by atoms with van der Waals surface area (Å²) in [5.41, 5.74) is 2.88. The summed E-state index contributed by atoms with van der Waals surface area (Å²) in [6.07, 6.45) is 0.474. The highest BCUT2D eigenvalue weighted by Crippen LogP contribution is 2.15. The van der Waals surface area contributed by atoms with Gasteiger partial charge >= 0.3 is 6.03 Å². The van der Waals surface area contributed by atoms with Gasteiger partial charge in [-0.3, -0.25) is 14.5 Å². The van der Waals surface area contributed by atoms with Crippen molar-refractivity contribution in [3.63, 3.8) is 0 Å². The minimum atomic E-state index is -0.839. The quantitative estimate of drug-likeness (QED) is 0.585. The Morgan fingerprint density at radius 3 is 2.60 bits per heavy atom. The van der Waals surface area contributed by atoms with E-state index < -0.39 is 12.1 Å². The van der Waals surface area contributed by atoms with E-state index in [1.165, 1.54) is 4.90 Å². The first-order valence-electron chi connectivity index (χ1n) is 9.86. The molecule has 2 heterocycles. The molecule has 1 aliphatic heterocycles. The van der Waals surface area contributed by atoms with Gasteiger partial charge in [0.25, 0.3) is 5.91 Å². The van der Waals surface area contributed by atoms with E-state index in [1.54, 1.807) is 0 Å². The molecule has 1 aliphatic rings. The number of imide groups is 1. The van der Waals surface area contributed by atoms with Crippen LogP contribution in [0.2, 0.25) is 0 Å². The topological polar surface area (TPSA) is 96.3 Å². The minimum Gasteiger partial charge on any atom is -0.349 e. The van der Waals surface area contributed by atoms with Crippen molar-refractivity contribution in [1.82, 2.24) is 25.1 Å². The Morgan fingerprint density at radius 1 is 1.10 bits per heavy atom. The van der Waals surface area contributed by atoms with Crippen molar-refractivity contribution in [2.24, 2.45) is 7.05 Å². The number of imidazole rings is 1. The summed E-state index contributed by atoms with van der Waals surface area (Å²) in [4.78, 5) is 42.8. The Labute approximate surface area is 173 Å². The molecule has 8 heteroatoms. The number of nitrogens with one attached hydrogen (secondary N) is 2. The normalized spacial score (nSPS) is 16.2. The lowest BCUT2D eigenvalue weighted by atomic mass is 10.1.